The molecule has 5 rings (SSSR count). The van der Waals surface area contributed by atoms with Crippen LogP contribution in [0.15, 0.2) is 93.1 Å². The number of unbranched alkanes of at least 4 members (excludes halogenated alkanes) is 2. The molecule has 0 spiro atoms. The number of allylic oxidation sites excluding steroid dienone is 6. The largest absolute Gasteiger partial charge is 0.344 e. The summed E-state index contributed by atoms with van der Waals surface area (Å²) in [5, 5.41) is 0. The first-order valence-corrected chi connectivity index (χ1v) is 22.3. The van der Waals surface area contributed by atoms with Crippen molar-refractivity contribution in [1.29, 1.82) is 0 Å². The van der Waals surface area contributed by atoms with Gasteiger partial charge < -0.3 is 4.90 Å². The van der Waals surface area contributed by atoms with E-state index >= 15 is 0 Å². The third-order valence-corrected chi connectivity index (χ3v) is 12.5. The molecule has 2 aromatic rings. The maximum absolute atomic E-state index is 12.5. The number of aromatic nitrogens is 1. The van der Waals surface area contributed by atoms with Crippen LogP contribution in [0.3, 0.4) is 0 Å². The molecule has 3 aliphatic rings. The van der Waals surface area contributed by atoms with Crippen LogP contribution in [-0.4, -0.2) is 73.0 Å². The number of nitrogens with zero attached hydrogens (tertiary/aromatic N) is 4. The summed E-state index contributed by atoms with van der Waals surface area (Å²) in [4.78, 5) is 44.0. The monoisotopic (exact) mass is 871 g/mol. The number of amides is 2. The van der Waals surface area contributed by atoms with Gasteiger partial charge in [0.1, 0.15) is 12.0 Å². The van der Waals surface area contributed by atoms with E-state index in [1.807, 2.05) is 61.1 Å². The lowest BCUT2D eigenvalue weighted by Gasteiger charge is -2.27. The fourth-order valence-electron chi connectivity index (χ4n) is 7.31. The average molecular weight is 873 g/mol. The molecule has 0 radical (unpaired) electrons. The van der Waals surface area contributed by atoms with Gasteiger partial charge in [-0.2, -0.15) is 16.8 Å². The number of hydrogen-bond donors (Lipinski definition) is 2. The second kappa shape index (κ2) is 17.2. The zero-order valence-corrected chi connectivity index (χ0v) is 35.2. The summed E-state index contributed by atoms with van der Waals surface area (Å²) in [6.45, 7) is 9.33. The Morgan fingerprint density at radius 3 is 2.20 bits per heavy atom. The molecule has 1 aromatic carbocycles. The minimum Gasteiger partial charge on any atom is -0.344 e. The molecule has 13 nitrogen and oxygen atoms in total. The van der Waals surface area contributed by atoms with Gasteiger partial charge in [0.25, 0.3) is 32.1 Å². The molecule has 0 atom stereocenters. The van der Waals surface area contributed by atoms with E-state index in [1.54, 1.807) is 6.07 Å². The number of carbonyl (C=O) groups is 3. The Morgan fingerprint density at radius 2 is 1.52 bits per heavy atom. The number of aryl methyl sites for hydroxylation is 1. The Bertz CT molecular complexity index is 2270. The number of fused-ring (bicyclic) bond motifs is 2. The summed E-state index contributed by atoms with van der Waals surface area (Å²) in [5.74, 6) is -0.245. The number of anilines is 1. The van der Waals surface area contributed by atoms with E-state index in [9.17, 15) is 40.3 Å². The van der Waals surface area contributed by atoms with Crippen LogP contribution in [0.1, 0.15) is 83.8 Å². The van der Waals surface area contributed by atoms with Gasteiger partial charge in [-0.15, -0.1) is 0 Å². The topological polar surface area (TPSA) is 183 Å². The van der Waals surface area contributed by atoms with E-state index in [-0.39, 0.29) is 41.2 Å². The van der Waals surface area contributed by atoms with E-state index in [2.05, 4.69) is 34.7 Å². The molecular formula is C40H48BrN4O9S2+. The molecule has 0 bridgehead atoms. The Morgan fingerprint density at radius 1 is 0.839 bits per heavy atom. The van der Waals surface area contributed by atoms with Crippen LogP contribution in [0.25, 0.3) is 0 Å². The summed E-state index contributed by atoms with van der Waals surface area (Å²) >= 11 is 3.56. The van der Waals surface area contributed by atoms with E-state index in [0.717, 1.165) is 56.3 Å². The van der Waals surface area contributed by atoms with E-state index in [1.165, 1.54) is 24.3 Å². The number of halogens is 1. The number of rotatable bonds is 18. The molecule has 56 heavy (non-hydrogen) atoms. The predicted molar refractivity (Wildman–Crippen MR) is 217 cm³/mol. The molecule has 0 saturated heterocycles. The number of ketones is 1. The first kappa shape index (κ1) is 43.0. The normalized spacial score (nSPS) is 18.2. The van der Waals surface area contributed by atoms with Crippen LogP contribution in [0.4, 0.5) is 11.5 Å². The fraction of sp³-hybridized carbons (Fsp3) is 0.425. The highest BCUT2D eigenvalue weighted by molar-refractivity contribution is 9.10. The van der Waals surface area contributed by atoms with Crippen molar-refractivity contribution in [3.8, 4) is 0 Å². The van der Waals surface area contributed by atoms with Crippen molar-refractivity contribution < 1.29 is 44.9 Å². The number of aliphatic imine (C=N–C) groups is 1. The SMILES string of the molecule is CC1(C)C(/C=C/C=C/C=C2\N(CCCCCC(=O)CCCN3C(=O)C=CC3=O)c3ccc(S(=O)(=O)O)cc3C2(C)C)=Nc2c1cc(Br)c[n+]2CCCS(=O)(=O)O. The summed E-state index contributed by atoms with van der Waals surface area (Å²) in [7, 11) is -8.50. The Balaban J connectivity index is 1.26. The quantitative estimate of drug-likeness (QED) is 0.0571. The molecule has 300 valence electrons. The lowest BCUT2D eigenvalue weighted by molar-refractivity contribution is -0.684. The Hall–Kier alpha value is -4.09. The van der Waals surface area contributed by atoms with Crippen molar-refractivity contribution >= 4 is 71.0 Å². The number of hydrogen-bond acceptors (Lipinski definition) is 9. The van der Waals surface area contributed by atoms with Gasteiger partial charge in [-0.1, -0.05) is 38.5 Å². The van der Waals surface area contributed by atoms with Gasteiger partial charge in [-0.05, 0) is 96.0 Å². The van der Waals surface area contributed by atoms with Crippen molar-refractivity contribution in [3.05, 3.63) is 94.3 Å². The van der Waals surface area contributed by atoms with Crippen molar-refractivity contribution in [2.45, 2.75) is 94.9 Å². The lowest BCUT2D eigenvalue weighted by Crippen LogP contribution is -2.36. The maximum atomic E-state index is 12.5. The molecular weight excluding hydrogens is 824 g/mol. The van der Waals surface area contributed by atoms with E-state index in [4.69, 9.17) is 4.99 Å². The fourth-order valence-corrected chi connectivity index (χ4v) is 8.78. The van der Waals surface area contributed by atoms with Crippen molar-refractivity contribution in [2.24, 2.45) is 4.99 Å². The molecule has 4 heterocycles. The predicted octanol–water partition coefficient (Wildman–Crippen LogP) is 6.25. The number of Topliss-reactive ketones (excluding diaryl/α,β-unsaturated/α-hetero) is 1. The zero-order valence-electron chi connectivity index (χ0n) is 31.9. The number of pyridine rings is 1. The zero-order chi connectivity index (χ0) is 41.1. The van der Waals surface area contributed by atoms with Crippen LogP contribution in [0, 0.1) is 0 Å². The molecule has 16 heteroatoms. The third kappa shape index (κ3) is 10.1. The highest BCUT2D eigenvalue weighted by Crippen LogP contribution is 2.48. The first-order valence-electron chi connectivity index (χ1n) is 18.5. The molecule has 0 fully saturated rings. The van der Waals surface area contributed by atoms with Crippen molar-refractivity contribution in [3.63, 3.8) is 0 Å². The molecule has 0 aliphatic carbocycles. The molecule has 2 N–H and O–H groups in total. The van der Waals surface area contributed by atoms with Crippen LogP contribution in [-0.2, 0) is 52.0 Å². The third-order valence-electron chi connectivity index (χ3n) is 10.4. The minimum absolute atomic E-state index is 0.0831. The number of imide groups is 1. The second-order valence-electron chi connectivity index (χ2n) is 15.2. The van der Waals surface area contributed by atoms with Gasteiger partial charge in [0, 0.05) is 61.3 Å². The number of benzene rings is 1. The Kier molecular flexibility index (Phi) is 13.2. The lowest BCUT2D eigenvalue weighted by atomic mass is 9.82. The molecule has 1 aromatic heterocycles. The Labute approximate surface area is 337 Å². The van der Waals surface area contributed by atoms with Gasteiger partial charge in [0.2, 0.25) is 0 Å². The van der Waals surface area contributed by atoms with Gasteiger partial charge in [0.15, 0.2) is 5.71 Å². The first-order chi connectivity index (χ1) is 26.2. The van der Waals surface area contributed by atoms with Crippen LogP contribution < -0.4 is 9.47 Å². The van der Waals surface area contributed by atoms with Gasteiger partial charge in [-0.3, -0.25) is 28.4 Å². The maximum Gasteiger partial charge on any atom is 0.327 e. The van der Waals surface area contributed by atoms with E-state index < -0.39 is 31.1 Å². The highest BCUT2D eigenvalue weighted by atomic mass is 79.9. The van der Waals surface area contributed by atoms with Crippen LogP contribution >= 0.6 is 15.9 Å². The van der Waals surface area contributed by atoms with E-state index in [0.29, 0.717) is 38.8 Å². The highest BCUT2D eigenvalue weighted by Gasteiger charge is 2.43. The second-order valence-corrected chi connectivity index (χ2v) is 19.1. The standard InChI is InChI=1S/C40H47BrN4O9S2/c1-39(2)32-25-28(41)27-43(21-12-24-55(49,50)51)38(32)42-34(39)15-8-5-9-16-35-40(3,4)31-26-30(56(52,53)54)17-18-33(31)44(35)22-10-6-7-13-29(46)14-11-23-45-36(47)19-20-37(45)48/h5,8-9,15-20,25-27H,6-7,10-14,21-24H2,1-4H3,(H-,49,50,51,52,53,54)/p+1. The summed E-state index contributed by atoms with van der Waals surface area (Å²) < 4.78 is 68.4. The molecule has 0 unspecified atom stereocenters. The van der Waals surface area contributed by atoms with Gasteiger partial charge >= 0.3 is 5.82 Å². The van der Waals surface area contributed by atoms with Gasteiger partial charge in [0.05, 0.1) is 32.6 Å². The summed E-state index contributed by atoms with van der Waals surface area (Å²) in [6, 6.07) is 6.63. The van der Waals surface area contributed by atoms with Crippen LogP contribution in [0.5, 0.6) is 0 Å². The van der Waals surface area contributed by atoms with Crippen LogP contribution in [0.2, 0.25) is 0 Å². The molecule has 3 aliphatic heterocycles. The molecule has 2 amide bonds. The number of carbonyl (C=O) groups excluding carboxylic acids is 3. The van der Waals surface area contributed by atoms with Crippen molar-refractivity contribution in [2.75, 3.05) is 23.7 Å². The summed E-state index contributed by atoms with van der Waals surface area (Å²) in [6.07, 6.45) is 17.5. The van der Waals surface area contributed by atoms with Crippen molar-refractivity contribution in [1.82, 2.24) is 4.90 Å². The minimum atomic E-state index is -4.42. The van der Waals surface area contributed by atoms with Gasteiger partial charge in [-0.25, -0.2) is 4.57 Å². The molecule has 0 saturated carbocycles. The summed E-state index contributed by atoms with van der Waals surface area (Å²) in [5.41, 5.74) is 3.27. The smallest absolute Gasteiger partial charge is 0.327 e. The average Bonchev–Trinajstić information content (AvgIpc) is 3.64.